The maximum atomic E-state index is 10.8. The quantitative estimate of drug-likeness (QED) is 0.398. The van der Waals surface area contributed by atoms with E-state index in [-0.39, 0.29) is 5.92 Å². The molecule has 1 N–H and O–H groups in total. The number of methoxy groups -OCH3 is 1. The molecule has 3 heteroatoms. The van der Waals surface area contributed by atoms with Crippen molar-refractivity contribution < 1.29 is 9.84 Å². The van der Waals surface area contributed by atoms with Crippen molar-refractivity contribution >= 4 is 5.69 Å². The van der Waals surface area contributed by atoms with Crippen LogP contribution < -0.4 is 9.64 Å². The fourth-order valence-corrected chi connectivity index (χ4v) is 4.86. The lowest BCUT2D eigenvalue weighted by molar-refractivity contribution is 0.403. The molecular formula is C29H27NO2. The van der Waals surface area contributed by atoms with E-state index >= 15 is 0 Å². The standard InChI is InChI=1S/C29H27NO2/c1-20-16-25(28(31)17-29(20)32-2)26-19-30(27-15-9-8-14-24(26)27)18-22-12-6-7-13-23(22)21-10-4-3-5-11-21/h3-17,26,31H,18-19H2,1-2H3. The van der Waals surface area contributed by atoms with Crippen LogP contribution in [0, 0.1) is 6.92 Å². The van der Waals surface area contributed by atoms with Gasteiger partial charge in [0, 0.05) is 36.3 Å². The largest absolute Gasteiger partial charge is 0.508 e. The van der Waals surface area contributed by atoms with Crippen LogP contribution in [0.4, 0.5) is 5.69 Å². The average molecular weight is 422 g/mol. The SMILES string of the molecule is COc1cc(O)c(C2CN(Cc3ccccc3-c3ccccc3)c3ccccc32)cc1C. The van der Waals surface area contributed by atoms with Crippen LogP contribution in [0.2, 0.25) is 0 Å². The second kappa shape index (κ2) is 8.43. The summed E-state index contributed by atoms with van der Waals surface area (Å²) in [5.74, 6) is 1.12. The number of phenolic OH excluding ortho intramolecular Hbond substituents is 1. The number of fused-ring (bicyclic) bond motifs is 1. The van der Waals surface area contributed by atoms with Crippen molar-refractivity contribution in [2.45, 2.75) is 19.4 Å². The Labute approximate surface area is 189 Å². The highest BCUT2D eigenvalue weighted by atomic mass is 16.5. The van der Waals surface area contributed by atoms with Gasteiger partial charge in [0.2, 0.25) is 0 Å². The zero-order valence-electron chi connectivity index (χ0n) is 18.5. The van der Waals surface area contributed by atoms with Crippen molar-refractivity contribution in [3.63, 3.8) is 0 Å². The molecule has 1 atom stereocenters. The van der Waals surface area contributed by atoms with E-state index < -0.39 is 0 Å². The van der Waals surface area contributed by atoms with Gasteiger partial charge in [0.15, 0.2) is 0 Å². The highest BCUT2D eigenvalue weighted by Crippen LogP contribution is 2.45. The van der Waals surface area contributed by atoms with E-state index in [0.717, 1.165) is 24.2 Å². The van der Waals surface area contributed by atoms with E-state index in [1.165, 1.54) is 27.9 Å². The van der Waals surface area contributed by atoms with Crippen LogP contribution >= 0.6 is 0 Å². The fraction of sp³-hybridized carbons (Fsp3) is 0.172. The lowest BCUT2D eigenvalue weighted by Gasteiger charge is -2.22. The highest BCUT2D eigenvalue weighted by molar-refractivity contribution is 5.70. The maximum absolute atomic E-state index is 10.8. The number of hydrogen-bond donors (Lipinski definition) is 1. The van der Waals surface area contributed by atoms with Crippen LogP contribution in [0.1, 0.15) is 28.2 Å². The molecule has 0 spiro atoms. The molecule has 0 amide bonds. The molecule has 160 valence electrons. The van der Waals surface area contributed by atoms with Crippen molar-refractivity contribution in [1.82, 2.24) is 0 Å². The molecule has 1 aliphatic rings. The van der Waals surface area contributed by atoms with Gasteiger partial charge >= 0.3 is 0 Å². The van der Waals surface area contributed by atoms with Gasteiger partial charge in [-0.1, -0.05) is 72.8 Å². The summed E-state index contributed by atoms with van der Waals surface area (Å²) in [7, 11) is 1.64. The van der Waals surface area contributed by atoms with Gasteiger partial charge in [-0.25, -0.2) is 0 Å². The van der Waals surface area contributed by atoms with Gasteiger partial charge in [0.05, 0.1) is 7.11 Å². The number of anilines is 1. The average Bonchev–Trinajstić information content (AvgIpc) is 3.19. The van der Waals surface area contributed by atoms with Gasteiger partial charge in [0.25, 0.3) is 0 Å². The third-order valence-corrected chi connectivity index (χ3v) is 6.44. The Kier molecular flexibility index (Phi) is 5.32. The molecule has 0 fully saturated rings. The first-order valence-electron chi connectivity index (χ1n) is 11.0. The minimum absolute atomic E-state index is 0.111. The molecule has 5 rings (SSSR count). The molecule has 0 aromatic heterocycles. The predicted molar refractivity (Wildman–Crippen MR) is 131 cm³/mol. The molecular weight excluding hydrogens is 394 g/mol. The summed E-state index contributed by atoms with van der Waals surface area (Å²) in [6, 6.07) is 31.5. The van der Waals surface area contributed by atoms with E-state index in [2.05, 4.69) is 89.8 Å². The molecule has 0 radical (unpaired) electrons. The summed E-state index contributed by atoms with van der Waals surface area (Å²) in [6.07, 6.45) is 0. The van der Waals surface area contributed by atoms with Gasteiger partial charge < -0.3 is 14.7 Å². The minimum Gasteiger partial charge on any atom is -0.508 e. The third kappa shape index (κ3) is 3.60. The molecule has 0 saturated carbocycles. The first kappa shape index (κ1) is 20.2. The van der Waals surface area contributed by atoms with Gasteiger partial charge in [-0.3, -0.25) is 0 Å². The monoisotopic (exact) mass is 421 g/mol. The highest BCUT2D eigenvalue weighted by Gasteiger charge is 2.31. The summed E-state index contributed by atoms with van der Waals surface area (Å²) in [4.78, 5) is 2.43. The van der Waals surface area contributed by atoms with Crippen LogP contribution in [0.3, 0.4) is 0 Å². The van der Waals surface area contributed by atoms with Gasteiger partial charge in [-0.15, -0.1) is 0 Å². The van der Waals surface area contributed by atoms with E-state index in [1.807, 2.05) is 6.92 Å². The molecule has 32 heavy (non-hydrogen) atoms. The molecule has 1 aliphatic heterocycles. The Bertz CT molecular complexity index is 1250. The van der Waals surface area contributed by atoms with Crippen molar-refractivity contribution in [3.8, 4) is 22.6 Å². The van der Waals surface area contributed by atoms with Gasteiger partial charge in [-0.2, -0.15) is 0 Å². The third-order valence-electron chi connectivity index (χ3n) is 6.44. The van der Waals surface area contributed by atoms with E-state index in [9.17, 15) is 5.11 Å². The van der Waals surface area contributed by atoms with E-state index in [4.69, 9.17) is 4.74 Å². The smallest absolute Gasteiger partial charge is 0.125 e. The molecule has 0 aliphatic carbocycles. The van der Waals surface area contributed by atoms with Crippen molar-refractivity contribution in [2.75, 3.05) is 18.6 Å². The summed E-state index contributed by atoms with van der Waals surface area (Å²) < 4.78 is 5.40. The molecule has 0 bridgehead atoms. The van der Waals surface area contributed by atoms with E-state index in [0.29, 0.717) is 11.5 Å². The van der Waals surface area contributed by atoms with Gasteiger partial charge in [0.1, 0.15) is 11.5 Å². The fourth-order valence-electron chi connectivity index (χ4n) is 4.86. The Balaban J connectivity index is 1.52. The lowest BCUT2D eigenvalue weighted by atomic mass is 9.91. The van der Waals surface area contributed by atoms with Gasteiger partial charge in [-0.05, 0) is 46.9 Å². The lowest BCUT2D eigenvalue weighted by Crippen LogP contribution is -2.22. The van der Waals surface area contributed by atoms with Crippen molar-refractivity contribution in [1.29, 1.82) is 0 Å². The van der Waals surface area contributed by atoms with Crippen molar-refractivity contribution in [2.24, 2.45) is 0 Å². The number of hydrogen-bond acceptors (Lipinski definition) is 3. The zero-order valence-corrected chi connectivity index (χ0v) is 18.5. The number of nitrogens with zero attached hydrogens (tertiary/aromatic N) is 1. The number of phenols is 1. The topological polar surface area (TPSA) is 32.7 Å². The van der Waals surface area contributed by atoms with Crippen LogP contribution in [-0.2, 0) is 6.54 Å². The molecule has 3 nitrogen and oxygen atoms in total. The second-order valence-corrected chi connectivity index (χ2v) is 8.40. The Morgan fingerprint density at radius 1 is 0.875 bits per heavy atom. The van der Waals surface area contributed by atoms with Crippen LogP contribution in [0.15, 0.2) is 91.0 Å². The predicted octanol–water partition coefficient (Wildman–Crippen LogP) is 6.53. The van der Waals surface area contributed by atoms with Crippen LogP contribution in [0.25, 0.3) is 11.1 Å². The molecule has 0 saturated heterocycles. The molecule has 1 heterocycles. The molecule has 1 unspecified atom stereocenters. The first-order valence-corrected chi connectivity index (χ1v) is 11.0. The summed E-state index contributed by atoms with van der Waals surface area (Å²) >= 11 is 0. The van der Waals surface area contributed by atoms with E-state index in [1.54, 1.807) is 13.2 Å². The summed E-state index contributed by atoms with van der Waals surface area (Å²) in [6.45, 7) is 3.66. The first-order chi connectivity index (χ1) is 15.7. The number of ether oxygens (including phenoxy) is 1. The Hall–Kier alpha value is -3.72. The Morgan fingerprint density at radius 3 is 2.41 bits per heavy atom. The van der Waals surface area contributed by atoms with Crippen molar-refractivity contribution in [3.05, 3.63) is 113 Å². The number of rotatable bonds is 5. The van der Waals surface area contributed by atoms with Crippen LogP contribution in [-0.4, -0.2) is 18.8 Å². The Morgan fingerprint density at radius 2 is 1.59 bits per heavy atom. The molecule has 4 aromatic carbocycles. The maximum Gasteiger partial charge on any atom is 0.125 e. The normalized spacial score (nSPS) is 14.9. The second-order valence-electron chi connectivity index (χ2n) is 8.40. The summed E-state index contributed by atoms with van der Waals surface area (Å²) in [5.41, 5.74) is 8.26. The minimum atomic E-state index is 0.111. The summed E-state index contributed by atoms with van der Waals surface area (Å²) in [5, 5.41) is 10.8. The number of benzene rings is 4. The number of aromatic hydroxyl groups is 1. The zero-order chi connectivity index (χ0) is 22.1. The number of para-hydroxylation sites is 1. The van der Waals surface area contributed by atoms with Crippen LogP contribution in [0.5, 0.6) is 11.5 Å². The molecule has 4 aromatic rings. The number of aryl methyl sites for hydroxylation is 1.